The molecule has 3 fully saturated rings. The zero-order valence-electron chi connectivity index (χ0n) is 27.0. The Kier molecular flexibility index (Phi) is 9.84. The Hall–Kier alpha value is -2.17. The summed E-state index contributed by atoms with van der Waals surface area (Å²) in [6.07, 6.45) is 18.4. The minimum absolute atomic E-state index is 0.0543. The molecule has 5 heteroatoms. The number of nitrogens with zero attached hydrogens (tertiary/aromatic N) is 1. The summed E-state index contributed by atoms with van der Waals surface area (Å²) < 4.78 is 5.94. The molecular weight excluding hydrogens is 520 g/mol. The zero-order chi connectivity index (χ0) is 29.9. The minimum Gasteiger partial charge on any atom is -0.462 e. The molecule has 1 aromatic heterocycles. The quantitative estimate of drug-likeness (QED) is 0.212. The van der Waals surface area contributed by atoms with Gasteiger partial charge in [-0.3, -0.25) is 14.6 Å². The fraction of sp³-hybridized carbons (Fsp3) is 0.757. The maximum absolute atomic E-state index is 12.7. The fourth-order valence-corrected chi connectivity index (χ4v) is 9.99. The van der Waals surface area contributed by atoms with E-state index < -0.39 is 0 Å². The largest absolute Gasteiger partial charge is 0.462 e. The van der Waals surface area contributed by atoms with E-state index in [1.54, 1.807) is 11.8 Å². The maximum atomic E-state index is 12.7. The molecule has 232 valence electrons. The first-order valence-corrected chi connectivity index (χ1v) is 17.2. The number of rotatable bonds is 11. The lowest BCUT2D eigenvalue weighted by atomic mass is 9.47. The Bertz CT molecular complexity index is 1120. The first-order valence-electron chi connectivity index (χ1n) is 17.2. The van der Waals surface area contributed by atoms with Crippen molar-refractivity contribution in [3.63, 3.8) is 0 Å². The molecule has 0 bridgehead atoms. The number of esters is 1. The van der Waals surface area contributed by atoms with Crippen molar-refractivity contribution in [2.45, 2.75) is 131 Å². The predicted molar refractivity (Wildman–Crippen MR) is 168 cm³/mol. The highest BCUT2D eigenvalue weighted by Gasteiger charge is 2.59. The van der Waals surface area contributed by atoms with Crippen LogP contribution in [0.15, 0.2) is 36.0 Å². The highest BCUT2D eigenvalue weighted by atomic mass is 16.5. The van der Waals surface area contributed by atoms with Crippen LogP contribution in [0.25, 0.3) is 0 Å². The van der Waals surface area contributed by atoms with E-state index in [0.29, 0.717) is 12.0 Å². The Morgan fingerprint density at radius 2 is 1.86 bits per heavy atom. The molecule has 1 heterocycles. The summed E-state index contributed by atoms with van der Waals surface area (Å²) in [6, 6.07) is 5.62. The molecule has 4 aliphatic rings. The smallest absolute Gasteiger partial charge is 0.306 e. The molecule has 0 saturated heterocycles. The molecule has 1 amide bonds. The molecule has 1 N–H and O–H groups in total. The van der Waals surface area contributed by atoms with Gasteiger partial charge in [-0.05, 0) is 103 Å². The Balaban J connectivity index is 1.12. The number of ether oxygens (including phenoxy) is 1. The lowest BCUT2D eigenvalue weighted by molar-refractivity contribution is -0.152. The van der Waals surface area contributed by atoms with Crippen LogP contribution in [0.4, 0.5) is 0 Å². The summed E-state index contributed by atoms with van der Waals surface area (Å²) in [5.41, 5.74) is 3.11. The third-order valence-corrected chi connectivity index (χ3v) is 12.3. The average Bonchev–Trinajstić information content (AvgIpc) is 3.33. The van der Waals surface area contributed by atoms with E-state index in [-0.39, 0.29) is 36.2 Å². The van der Waals surface area contributed by atoms with Gasteiger partial charge in [-0.15, -0.1) is 0 Å². The van der Waals surface area contributed by atoms with E-state index in [1.165, 1.54) is 51.4 Å². The molecule has 42 heavy (non-hydrogen) atoms. The second-order valence-electron chi connectivity index (χ2n) is 15.2. The van der Waals surface area contributed by atoms with E-state index in [0.717, 1.165) is 60.5 Å². The fourth-order valence-electron chi connectivity index (χ4n) is 9.99. The molecule has 0 radical (unpaired) electrons. The first-order chi connectivity index (χ1) is 20.1. The summed E-state index contributed by atoms with van der Waals surface area (Å²) in [7, 11) is 0. The average molecular weight is 577 g/mol. The van der Waals surface area contributed by atoms with E-state index in [9.17, 15) is 9.59 Å². The second kappa shape index (κ2) is 13.2. The van der Waals surface area contributed by atoms with Crippen LogP contribution in [0.5, 0.6) is 0 Å². The molecule has 0 aromatic carbocycles. The lowest BCUT2D eigenvalue weighted by Crippen LogP contribution is -2.51. The van der Waals surface area contributed by atoms with Crippen LogP contribution >= 0.6 is 0 Å². The van der Waals surface area contributed by atoms with E-state index in [1.807, 2.05) is 18.2 Å². The van der Waals surface area contributed by atoms with Gasteiger partial charge in [0.2, 0.25) is 5.91 Å². The van der Waals surface area contributed by atoms with Crippen LogP contribution in [0.1, 0.15) is 124 Å². The molecule has 8 atom stereocenters. The molecule has 1 aromatic rings. The molecule has 5 nitrogen and oxygen atoms in total. The van der Waals surface area contributed by atoms with Gasteiger partial charge in [-0.25, -0.2) is 0 Å². The van der Waals surface area contributed by atoms with E-state index in [2.05, 4.69) is 51.0 Å². The molecular formula is C37H56N2O3. The molecule has 0 unspecified atom stereocenters. The highest BCUT2D eigenvalue weighted by molar-refractivity contribution is 5.81. The van der Waals surface area contributed by atoms with E-state index >= 15 is 0 Å². The van der Waals surface area contributed by atoms with Crippen LogP contribution in [-0.2, 0) is 20.9 Å². The van der Waals surface area contributed by atoms with Crippen LogP contribution in [0.2, 0.25) is 0 Å². The normalized spacial score (nSPS) is 34.5. The van der Waals surface area contributed by atoms with Gasteiger partial charge in [0.1, 0.15) is 6.10 Å². The number of amides is 1. The van der Waals surface area contributed by atoms with E-state index in [4.69, 9.17) is 4.74 Å². The molecule has 5 rings (SSSR count). The van der Waals surface area contributed by atoms with Crippen molar-refractivity contribution in [2.24, 2.45) is 46.3 Å². The number of hydrogen-bond acceptors (Lipinski definition) is 4. The SMILES string of the molecule is CC(C)CCC[C@@H](C)[C@H]1CC[C@H]2[C@@H]3CC=C4C[C@@H](OC(=O)CCC(=O)NCc5ccccn5)CC[C@]4(C)[C@H]3CC[C@]12C. The number of nitrogens with one attached hydrogen (secondary N) is 1. The third kappa shape index (κ3) is 6.65. The second-order valence-corrected chi connectivity index (χ2v) is 15.2. The maximum Gasteiger partial charge on any atom is 0.306 e. The number of carbonyl (C=O) groups excluding carboxylic acids is 2. The molecule has 0 aliphatic heterocycles. The summed E-state index contributed by atoms with van der Waals surface area (Å²) in [4.78, 5) is 29.1. The van der Waals surface area contributed by atoms with Crippen molar-refractivity contribution < 1.29 is 14.3 Å². The third-order valence-electron chi connectivity index (χ3n) is 12.3. The highest BCUT2D eigenvalue weighted by Crippen LogP contribution is 2.67. The van der Waals surface area contributed by atoms with Crippen LogP contribution < -0.4 is 5.32 Å². The van der Waals surface area contributed by atoms with Crippen molar-refractivity contribution in [1.29, 1.82) is 0 Å². The number of pyridine rings is 1. The molecule has 4 aliphatic carbocycles. The number of hydrogen-bond donors (Lipinski definition) is 1. The van der Waals surface area contributed by atoms with Crippen molar-refractivity contribution in [3.05, 3.63) is 41.7 Å². The van der Waals surface area contributed by atoms with Gasteiger partial charge < -0.3 is 10.1 Å². The van der Waals surface area contributed by atoms with Crippen LogP contribution in [0.3, 0.4) is 0 Å². The van der Waals surface area contributed by atoms with Gasteiger partial charge in [-0.1, -0.05) is 71.6 Å². The van der Waals surface area contributed by atoms with Crippen molar-refractivity contribution in [2.75, 3.05) is 0 Å². The van der Waals surface area contributed by atoms with Gasteiger partial charge >= 0.3 is 5.97 Å². The number of fused-ring (bicyclic) bond motifs is 5. The monoisotopic (exact) mass is 576 g/mol. The summed E-state index contributed by atoms with van der Waals surface area (Å²) in [5.74, 6) is 4.61. The molecule has 0 spiro atoms. The summed E-state index contributed by atoms with van der Waals surface area (Å²) >= 11 is 0. The summed E-state index contributed by atoms with van der Waals surface area (Å²) in [5, 5.41) is 2.85. The number of carbonyl (C=O) groups is 2. The summed E-state index contributed by atoms with van der Waals surface area (Å²) in [6.45, 7) is 12.8. The minimum atomic E-state index is -0.251. The van der Waals surface area contributed by atoms with Gasteiger partial charge in [0, 0.05) is 19.0 Å². The molecule has 3 saturated carbocycles. The van der Waals surface area contributed by atoms with Gasteiger partial charge in [0.15, 0.2) is 0 Å². The zero-order valence-corrected chi connectivity index (χ0v) is 27.0. The van der Waals surface area contributed by atoms with Crippen LogP contribution in [-0.4, -0.2) is 23.0 Å². The van der Waals surface area contributed by atoms with Crippen molar-refractivity contribution in [1.82, 2.24) is 10.3 Å². The Morgan fingerprint density at radius 1 is 1.02 bits per heavy atom. The van der Waals surface area contributed by atoms with Gasteiger partial charge in [0.25, 0.3) is 0 Å². The number of allylic oxidation sites excluding steroid dienone is 1. The number of aromatic nitrogens is 1. The topological polar surface area (TPSA) is 68.3 Å². The predicted octanol–water partition coefficient (Wildman–Crippen LogP) is 8.43. The lowest BCUT2D eigenvalue weighted by Gasteiger charge is -2.58. The van der Waals surface area contributed by atoms with Crippen molar-refractivity contribution in [3.8, 4) is 0 Å². The standard InChI is InChI=1S/C37H56N2O3/c1-25(2)9-8-10-26(3)31-14-15-32-30-13-12-27-23-29(18-20-36(27,4)33(30)19-21-37(31,32)5)42-35(41)17-16-34(40)39-24-28-11-6-7-22-38-28/h6-7,11-12,22,25-26,29-33H,8-10,13-21,23-24H2,1-5H3,(H,39,40)/t26-,29+,30+,31-,32+,33+,36+,37-/m1/s1. The Labute approximate surface area is 255 Å². The first kappa shape index (κ1) is 31.3. The van der Waals surface area contributed by atoms with Gasteiger partial charge in [-0.2, -0.15) is 0 Å². The van der Waals surface area contributed by atoms with Gasteiger partial charge in [0.05, 0.1) is 18.7 Å². The Morgan fingerprint density at radius 3 is 2.62 bits per heavy atom. The van der Waals surface area contributed by atoms with Crippen LogP contribution in [0, 0.1) is 46.3 Å². The van der Waals surface area contributed by atoms with Crippen molar-refractivity contribution >= 4 is 11.9 Å².